The van der Waals surface area contributed by atoms with E-state index >= 15 is 0 Å². The van der Waals surface area contributed by atoms with Gasteiger partial charge < -0.3 is 10.1 Å². The molecule has 1 aromatic rings. The topological polar surface area (TPSA) is 21.3 Å². The maximum Gasteiger partial charge on any atom is 0.0960 e. The molecular weight excluding hydrogens is 230 g/mol. The van der Waals surface area contributed by atoms with E-state index in [1.54, 1.807) is 11.3 Å². The van der Waals surface area contributed by atoms with Gasteiger partial charge in [0.25, 0.3) is 0 Å². The lowest BCUT2D eigenvalue weighted by molar-refractivity contribution is 0.178. The molecule has 2 heterocycles. The van der Waals surface area contributed by atoms with Crippen LogP contribution in [-0.4, -0.2) is 20.3 Å². The normalized spacial score (nSPS) is 23.3. The lowest BCUT2D eigenvalue weighted by Gasteiger charge is -2.20. The highest BCUT2D eigenvalue weighted by Crippen LogP contribution is 2.36. The number of nitrogens with one attached hydrogen (secondary N) is 1. The molecule has 2 atom stereocenters. The largest absolute Gasteiger partial charge is 0.381 e. The van der Waals surface area contributed by atoms with Crippen LogP contribution in [0.15, 0.2) is 6.07 Å². The van der Waals surface area contributed by atoms with E-state index < -0.39 is 0 Å². The third kappa shape index (κ3) is 2.36. The second-order valence-electron chi connectivity index (χ2n) is 4.00. The van der Waals surface area contributed by atoms with Crippen LogP contribution in [0.1, 0.15) is 22.9 Å². The minimum atomic E-state index is 0.392. The molecule has 4 heteroatoms. The second kappa shape index (κ2) is 4.83. The monoisotopic (exact) mass is 245 g/mol. The molecule has 0 spiro atoms. The number of hydrogen-bond donors (Lipinski definition) is 1. The Morgan fingerprint density at radius 2 is 2.47 bits per heavy atom. The summed E-state index contributed by atoms with van der Waals surface area (Å²) in [6.07, 6.45) is 1.14. The highest BCUT2D eigenvalue weighted by Gasteiger charge is 2.27. The zero-order chi connectivity index (χ0) is 10.8. The van der Waals surface area contributed by atoms with Crippen molar-refractivity contribution >= 4 is 22.9 Å². The molecule has 2 rings (SSSR count). The molecule has 1 aromatic heterocycles. The minimum absolute atomic E-state index is 0.392. The molecule has 0 saturated carbocycles. The highest BCUT2D eigenvalue weighted by atomic mass is 35.5. The molecule has 0 radical (unpaired) electrons. The van der Waals surface area contributed by atoms with Gasteiger partial charge in [-0.15, -0.1) is 11.3 Å². The van der Waals surface area contributed by atoms with Gasteiger partial charge >= 0.3 is 0 Å². The predicted octanol–water partition coefficient (Wildman–Crippen LogP) is 3.01. The Bertz CT molecular complexity index is 314. The van der Waals surface area contributed by atoms with Crippen molar-refractivity contribution in [3.8, 4) is 0 Å². The molecule has 1 aliphatic heterocycles. The van der Waals surface area contributed by atoms with Gasteiger partial charge in [0.1, 0.15) is 0 Å². The summed E-state index contributed by atoms with van der Waals surface area (Å²) in [6.45, 7) is 3.81. The molecule has 1 aliphatic rings. The van der Waals surface area contributed by atoms with Crippen molar-refractivity contribution in [2.45, 2.75) is 19.4 Å². The van der Waals surface area contributed by atoms with Crippen molar-refractivity contribution in [2.24, 2.45) is 5.92 Å². The Morgan fingerprint density at radius 1 is 1.67 bits per heavy atom. The van der Waals surface area contributed by atoms with Crippen LogP contribution in [0.25, 0.3) is 0 Å². The van der Waals surface area contributed by atoms with E-state index in [1.807, 2.05) is 7.05 Å². The van der Waals surface area contributed by atoms with Crippen LogP contribution in [0.4, 0.5) is 0 Å². The van der Waals surface area contributed by atoms with Crippen molar-refractivity contribution in [3.05, 3.63) is 20.8 Å². The Morgan fingerprint density at radius 3 is 2.93 bits per heavy atom. The van der Waals surface area contributed by atoms with Crippen molar-refractivity contribution in [3.63, 3.8) is 0 Å². The number of rotatable bonds is 3. The lowest BCUT2D eigenvalue weighted by Crippen LogP contribution is -2.24. The fraction of sp³-hybridized carbons (Fsp3) is 0.636. The Labute approximate surface area is 99.6 Å². The smallest absolute Gasteiger partial charge is 0.0960 e. The Hall–Kier alpha value is -0.0900. The van der Waals surface area contributed by atoms with Crippen LogP contribution in [0.3, 0.4) is 0 Å². The highest BCUT2D eigenvalue weighted by molar-refractivity contribution is 7.16. The third-order valence-electron chi connectivity index (χ3n) is 2.93. The molecular formula is C11H16ClNOS. The first kappa shape index (κ1) is 11.4. The molecule has 84 valence electrons. The summed E-state index contributed by atoms with van der Waals surface area (Å²) in [7, 11) is 2.01. The Kier molecular flexibility index (Phi) is 3.67. The van der Waals surface area contributed by atoms with Crippen molar-refractivity contribution < 1.29 is 4.74 Å². The SMILES string of the molecule is CNC(c1cc(C)c(Cl)s1)C1CCOC1. The summed E-state index contributed by atoms with van der Waals surface area (Å²) in [5.74, 6) is 0.587. The summed E-state index contributed by atoms with van der Waals surface area (Å²) < 4.78 is 6.34. The van der Waals surface area contributed by atoms with Crippen molar-refractivity contribution in [1.29, 1.82) is 0 Å². The zero-order valence-electron chi connectivity index (χ0n) is 9.05. The van der Waals surface area contributed by atoms with E-state index in [4.69, 9.17) is 16.3 Å². The standard InChI is InChI=1S/C11H16ClNOS/c1-7-5-9(15-11(7)12)10(13-2)8-3-4-14-6-8/h5,8,10,13H,3-4,6H2,1-2H3. The zero-order valence-corrected chi connectivity index (χ0v) is 10.6. The van der Waals surface area contributed by atoms with E-state index in [0.29, 0.717) is 12.0 Å². The van der Waals surface area contributed by atoms with E-state index in [1.165, 1.54) is 10.4 Å². The van der Waals surface area contributed by atoms with Crippen molar-refractivity contribution in [1.82, 2.24) is 5.32 Å². The van der Waals surface area contributed by atoms with Crippen LogP contribution in [-0.2, 0) is 4.74 Å². The van der Waals surface area contributed by atoms with Crippen LogP contribution in [0, 0.1) is 12.8 Å². The summed E-state index contributed by atoms with van der Waals surface area (Å²) in [4.78, 5) is 1.33. The molecule has 0 amide bonds. The van der Waals surface area contributed by atoms with Gasteiger partial charge in [-0.3, -0.25) is 0 Å². The molecule has 0 bridgehead atoms. The van der Waals surface area contributed by atoms with Gasteiger partial charge in [-0.25, -0.2) is 0 Å². The fourth-order valence-corrected chi connectivity index (χ4v) is 3.48. The lowest BCUT2D eigenvalue weighted by atomic mass is 9.97. The molecule has 1 fully saturated rings. The van der Waals surface area contributed by atoms with Gasteiger partial charge in [-0.05, 0) is 32.0 Å². The van der Waals surface area contributed by atoms with E-state index in [0.717, 1.165) is 24.0 Å². The first-order valence-corrected chi connectivity index (χ1v) is 6.42. The number of halogens is 1. The maximum absolute atomic E-state index is 6.10. The van der Waals surface area contributed by atoms with Gasteiger partial charge in [-0.2, -0.15) is 0 Å². The van der Waals surface area contributed by atoms with Gasteiger partial charge in [0.05, 0.1) is 10.9 Å². The van der Waals surface area contributed by atoms with Crippen LogP contribution < -0.4 is 5.32 Å². The summed E-state index contributed by atoms with van der Waals surface area (Å²) >= 11 is 7.78. The fourth-order valence-electron chi connectivity index (χ4n) is 2.06. The first-order valence-electron chi connectivity index (χ1n) is 5.23. The molecule has 0 aliphatic carbocycles. The van der Waals surface area contributed by atoms with Gasteiger partial charge in [0, 0.05) is 23.4 Å². The summed E-state index contributed by atoms with van der Waals surface area (Å²) in [5, 5.41) is 3.37. The van der Waals surface area contributed by atoms with E-state index in [2.05, 4.69) is 18.3 Å². The number of ether oxygens (including phenoxy) is 1. The number of aryl methyl sites for hydroxylation is 1. The summed E-state index contributed by atoms with van der Waals surface area (Å²) in [6, 6.07) is 2.58. The average molecular weight is 246 g/mol. The van der Waals surface area contributed by atoms with E-state index in [-0.39, 0.29) is 0 Å². The van der Waals surface area contributed by atoms with Gasteiger partial charge in [0.15, 0.2) is 0 Å². The molecule has 2 unspecified atom stereocenters. The van der Waals surface area contributed by atoms with Crippen LogP contribution in [0.5, 0.6) is 0 Å². The average Bonchev–Trinajstić information content (AvgIpc) is 2.80. The first-order chi connectivity index (χ1) is 7.22. The molecule has 1 saturated heterocycles. The maximum atomic E-state index is 6.10. The third-order valence-corrected chi connectivity index (χ3v) is 4.57. The quantitative estimate of drug-likeness (QED) is 0.884. The van der Waals surface area contributed by atoms with Crippen LogP contribution in [0.2, 0.25) is 4.34 Å². The molecule has 0 aromatic carbocycles. The number of hydrogen-bond acceptors (Lipinski definition) is 3. The predicted molar refractivity (Wildman–Crippen MR) is 64.8 cm³/mol. The Balaban J connectivity index is 2.18. The summed E-state index contributed by atoms with van der Waals surface area (Å²) in [5.41, 5.74) is 1.18. The molecule has 15 heavy (non-hydrogen) atoms. The molecule has 1 N–H and O–H groups in total. The van der Waals surface area contributed by atoms with Gasteiger partial charge in [-0.1, -0.05) is 11.6 Å². The van der Waals surface area contributed by atoms with E-state index in [9.17, 15) is 0 Å². The minimum Gasteiger partial charge on any atom is -0.381 e. The second-order valence-corrected chi connectivity index (χ2v) is 5.68. The van der Waals surface area contributed by atoms with Crippen LogP contribution >= 0.6 is 22.9 Å². The van der Waals surface area contributed by atoms with Crippen molar-refractivity contribution in [2.75, 3.05) is 20.3 Å². The van der Waals surface area contributed by atoms with Gasteiger partial charge in [0.2, 0.25) is 0 Å². The molecule has 2 nitrogen and oxygen atoms in total. The number of thiophene rings is 1.